The molecule has 0 saturated carbocycles. The molecule has 0 aromatic carbocycles. The molecule has 1 heterocycles. The van der Waals surface area contributed by atoms with Crippen LogP contribution in [0.1, 0.15) is 0 Å². The summed E-state index contributed by atoms with van der Waals surface area (Å²) in [4.78, 5) is 10.2. The molecule has 0 aromatic heterocycles. The van der Waals surface area contributed by atoms with Crippen LogP contribution in [0.25, 0.3) is 0 Å². The molecule has 1 rings (SSSR count). The quantitative estimate of drug-likeness (QED) is 0.405. The number of hydrogen-bond acceptors (Lipinski definition) is 4. The molecule has 0 unspecified atom stereocenters. The summed E-state index contributed by atoms with van der Waals surface area (Å²) in [6, 6.07) is -0.568. The van der Waals surface area contributed by atoms with Gasteiger partial charge in [-0.2, -0.15) is 0 Å². The van der Waals surface area contributed by atoms with Gasteiger partial charge in [0.1, 0.15) is 6.10 Å². The van der Waals surface area contributed by atoms with E-state index in [1.165, 1.54) is 0 Å². The first-order valence-corrected chi connectivity index (χ1v) is 2.91. The first kappa shape index (κ1) is 7.46. The summed E-state index contributed by atoms with van der Waals surface area (Å²) < 4.78 is 4.66. The van der Waals surface area contributed by atoms with Gasteiger partial charge in [0, 0.05) is 0 Å². The highest BCUT2D eigenvalue weighted by Gasteiger charge is 2.38. The number of carboxylic acid groups (broad SMARTS) is 1. The Morgan fingerprint density at radius 2 is 2.30 bits per heavy atom. The minimum absolute atomic E-state index is 0.109. The number of hydrogen-bond donors (Lipinski definition) is 3. The summed E-state index contributed by atoms with van der Waals surface area (Å²) in [5, 5.41) is 17.4. The molecule has 5 nitrogen and oxygen atoms in total. The molecule has 58 valence electrons. The molecule has 0 spiro atoms. The monoisotopic (exact) mass is 147 g/mol. The Morgan fingerprint density at radius 1 is 1.70 bits per heavy atom. The van der Waals surface area contributed by atoms with Gasteiger partial charge >= 0.3 is 5.97 Å². The number of carbonyl (C=O) groups is 1. The van der Waals surface area contributed by atoms with Crippen molar-refractivity contribution in [2.24, 2.45) is 5.73 Å². The maximum atomic E-state index is 10.2. The summed E-state index contributed by atoms with van der Waals surface area (Å²) in [6.07, 6.45) is -2.22. The van der Waals surface area contributed by atoms with E-state index >= 15 is 0 Å². The highest BCUT2D eigenvalue weighted by Crippen LogP contribution is 2.11. The van der Waals surface area contributed by atoms with Gasteiger partial charge in [0.2, 0.25) is 0 Å². The Balaban J connectivity index is 2.57. The van der Waals surface area contributed by atoms with Crippen LogP contribution in [0.15, 0.2) is 0 Å². The van der Waals surface area contributed by atoms with Crippen LogP contribution in [0.2, 0.25) is 0 Å². The van der Waals surface area contributed by atoms with Crippen LogP contribution in [-0.2, 0) is 9.53 Å². The van der Waals surface area contributed by atoms with Crippen LogP contribution >= 0.6 is 0 Å². The lowest BCUT2D eigenvalue weighted by Crippen LogP contribution is -2.39. The molecule has 0 bridgehead atoms. The van der Waals surface area contributed by atoms with E-state index in [4.69, 9.17) is 15.9 Å². The fourth-order valence-electron chi connectivity index (χ4n) is 0.854. The summed E-state index contributed by atoms with van der Waals surface area (Å²) in [5.74, 6) is -1.17. The first-order valence-electron chi connectivity index (χ1n) is 2.91. The predicted molar refractivity (Wildman–Crippen MR) is 31.4 cm³/mol. The molecule has 1 aliphatic rings. The van der Waals surface area contributed by atoms with Gasteiger partial charge in [-0.05, 0) is 0 Å². The van der Waals surface area contributed by atoms with Crippen LogP contribution in [0, 0.1) is 0 Å². The maximum absolute atomic E-state index is 10.2. The number of aliphatic hydroxyl groups is 1. The fraction of sp³-hybridized carbons (Fsp3) is 0.800. The molecule has 10 heavy (non-hydrogen) atoms. The number of rotatable bonds is 1. The second-order valence-electron chi connectivity index (χ2n) is 2.25. The van der Waals surface area contributed by atoms with E-state index in [2.05, 4.69) is 4.74 Å². The van der Waals surface area contributed by atoms with Gasteiger partial charge in [-0.15, -0.1) is 0 Å². The minimum Gasteiger partial charge on any atom is -0.479 e. The van der Waals surface area contributed by atoms with Gasteiger partial charge < -0.3 is 20.7 Å². The highest BCUT2D eigenvalue weighted by atomic mass is 16.5. The predicted octanol–water partition coefficient (Wildman–Crippen LogP) is -1.84. The summed E-state index contributed by atoms with van der Waals surface area (Å²) >= 11 is 0. The normalized spacial score (nSPS) is 40.0. The third-order valence-corrected chi connectivity index (χ3v) is 1.46. The van der Waals surface area contributed by atoms with E-state index in [9.17, 15) is 4.79 Å². The van der Waals surface area contributed by atoms with Crippen molar-refractivity contribution in [3.63, 3.8) is 0 Å². The Kier molecular flexibility index (Phi) is 1.89. The Hall–Kier alpha value is -0.650. The van der Waals surface area contributed by atoms with Gasteiger partial charge in [-0.1, -0.05) is 0 Å². The number of nitrogens with two attached hydrogens (primary N) is 1. The molecule has 0 radical (unpaired) electrons. The van der Waals surface area contributed by atoms with Crippen LogP contribution in [0.4, 0.5) is 0 Å². The average molecular weight is 147 g/mol. The Morgan fingerprint density at radius 3 is 2.50 bits per heavy atom. The molecule has 1 aliphatic heterocycles. The molecule has 5 heteroatoms. The topological polar surface area (TPSA) is 92.8 Å². The molecule has 4 N–H and O–H groups in total. The first-order chi connectivity index (χ1) is 4.63. The minimum atomic E-state index is -1.17. The summed E-state index contributed by atoms with van der Waals surface area (Å²) in [5.41, 5.74) is 5.27. The molecule has 1 saturated heterocycles. The Bertz CT molecular complexity index is 149. The number of carboxylic acids is 1. The van der Waals surface area contributed by atoms with Crippen molar-refractivity contribution in [3.8, 4) is 0 Å². The largest absolute Gasteiger partial charge is 0.479 e. The zero-order chi connectivity index (χ0) is 7.72. The Labute approximate surface area is 57.4 Å². The molecule has 1 fully saturated rings. The van der Waals surface area contributed by atoms with Crippen LogP contribution < -0.4 is 5.73 Å². The van der Waals surface area contributed by atoms with E-state index < -0.39 is 24.2 Å². The van der Waals surface area contributed by atoms with Gasteiger partial charge in [0.05, 0.1) is 12.6 Å². The van der Waals surface area contributed by atoms with Crippen molar-refractivity contribution >= 4 is 5.97 Å². The van der Waals surface area contributed by atoms with E-state index in [0.29, 0.717) is 0 Å². The van der Waals surface area contributed by atoms with Crippen LogP contribution in [-0.4, -0.2) is 41.0 Å². The highest BCUT2D eigenvalue weighted by molar-refractivity contribution is 5.73. The second kappa shape index (κ2) is 2.53. The van der Waals surface area contributed by atoms with Gasteiger partial charge in [-0.3, -0.25) is 0 Å². The van der Waals surface area contributed by atoms with Crippen molar-refractivity contribution in [1.29, 1.82) is 0 Å². The number of ether oxygens (including phenoxy) is 1. The smallest absolute Gasteiger partial charge is 0.335 e. The van der Waals surface area contributed by atoms with Gasteiger partial charge in [-0.25, -0.2) is 4.79 Å². The third kappa shape index (κ3) is 1.11. The summed E-state index contributed by atoms with van der Waals surface area (Å²) in [7, 11) is 0. The van der Waals surface area contributed by atoms with Crippen LogP contribution in [0.3, 0.4) is 0 Å². The van der Waals surface area contributed by atoms with Crippen molar-refractivity contribution in [2.75, 3.05) is 6.61 Å². The molecule has 0 amide bonds. The SMILES string of the molecule is N[C@@H]1CO[C@H](C(=O)O)[C@H]1O. The maximum Gasteiger partial charge on any atom is 0.335 e. The zero-order valence-corrected chi connectivity index (χ0v) is 5.23. The molecular formula is C5H9NO4. The fourth-order valence-corrected chi connectivity index (χ4v) is 0.854. The molecule has 3 atom stereocenters. The van der Waals surface area contributed by atoms with Gasteiger partial charge in [0.25, 0.3) is 0 Å². The number of aliphatic carboxylic acids is 1. The standard InChI is InChI=1S/C5H9NO4/c6-2-1-10-4(3(2)7)5(8)9/h2-4,7H,1,6H2,(H,8,9)/t2-,3+,4+/m1/s1. The molecule has 0 aliphatic carbocycles. The third-order valence-electron chi connectivity index (χ3n) is 1.46. The summed E-state index contributed by atoms with van der Waals surface area (Å²) in [6.45, 7) is 0.109. The number of aliphatic hydroxyl groups excluding tert-OH is 1. The zero-order valence-electron chi connectivity index (χ0n) is 5.23. The van der Waals surface area contributed by atoms with Crippen molar-refractivity contribution in [2.45, 2.75) is 18.2 Å². The van der Waals surface area contributed by atoms with E-state index in [-0.39, 0.29) is 6.61 Å². The molecular weight excluding hydrogens is 138 g/mol. The van der Waals surface area contributed by atoms with Crippen molar-refractivity contribution < 1.29 is 19.7 Å². The molecule has 0 aromatic rings. The van der Waals surface area contributed by atoms with Gasteiger partial charge in [0.15, 0.2) is 6.10 Å². The van der Waals surface area contributed by atoms with E-state index in [0.717, 1.165) is 0 Å². The van der Waals surface area contributed by atoms with Crippen LogP contribution in [0.5, 0.6) is 0 Å². The average Bonchev–Trinajstić information content (AvgIpc) is 2.14. The lowest BCUT2D eigenvalue weighted by atomic mass is 10.1. The van der Waals surface area contributed by atoms with Crippen molar-refractivity contribution in [3.05, 3.63) is 0 Å². The lowest BCUT2D eigenvalue weighted by Gasteiger charge is -2.09. The van der Waals surface area contributed by atoms with Crippen molar-refractivity contribution in [1.82, 2.24) is 0 Å². The van der Waals surface area contributed by atoms with E-state index in [1.54, 1.807) is 0 Å². The van der Waals surface area contributed by atoms with E-state index in [1.807, 2.05) is 0 Å². The lowest BCUT2D eigenvalue weighted by molar-refractivity contribution is -0.151. The second-order valence-corrected chi connectivity index (χ2v) is 2.25.